The van der Waals surface area contributed by atoms with Gasteiger partial charge in [-0.3, -0.25) is 4.79 Å². The summed E-state index contributed by atoms with van der Waals surface area (Å²) in [6, 6.07) is 5.12. The summed E-state index contributed by atoms with van der Waals surface area (Å²) in [4.78, 5) is 12.0. The molecule has 21 heavy (non-hydrogen) atoms. The Morgan fingerprint density at radius 2 is 1.95 bits per heavy atom. The van der Waals surface area contributed by atoms with Crippen LogP contribution in [0, 0.1) is 5.92 Å². The number of carbonyl (C=O) groups is 1. The van der Waals surface area contributed by atoms with Crippen LogP contribution in [0.1, 0.15) is 56.3 Å². The number of nitrogen functional groups attached to an aromatic ring is 1. The van der Waals surface area contributed by atoms with Gasteiger partial charge in [-0.2, -0.15) is 0 Å². The summed E-state index contributed by atoms with van der Waals surface area (Å²) in [7, 11) is 1.58. The zero-order valence-corrected chi connectivity index (χ0v) is 13.4. The van der Waals surface area contributed by atoms with Crippen LogP contribution in [0.25, 0.3) is 0 Å². The van der Waals surface area contributed by atoms with Crippen LogP contribution >= 0.6 is 0 Å². The second kappa shape index (κ2) is 9.27. The third-order valence-corrected chi connectivity index (χ3v) is 3.50. The van der Waals surface area contributed by atoms with E-state index < -0.39 is 0 Å². The molecule has 0 saturated carbocycles. The number of hydrogen-bond donors (Lipinski definition) is 2. The molecule has 1 rings (SSSR count). The monoisotopic (exact) mass is 292 g/mol. The summed E-state index contributed by atoms with van der Waals surface area (Å²) < 4.78 is 5.07. The van der Waals surface area contributed by atoms with E-state index in [1.54, 1.807) is 25.3 Å². The van der Waals surface area contributed by atoms with Crippen molar-refractivity contribution in [1.29, 1.82) is 0 Å². The number of benzene rings is 1. The summed E-state index contributed by atoms with van der Waals surface area (Å²) >= 11 is 0. The lowest BCUT2D eigenvalue weighted by Crippen LogP contribution is -2.25. The molecule has 1 amide bonds. The largest absolute Gasteiger partial charge is 0.497 e. The Labute approximate surface area is 128 Å². The van der Waals surface area contributed by atoms with Gasteiger partial charge in [0.2, 0.25) is 0 Å². The van der Waals surface area contributed by atoms with E-state index in [1.807, 2.05) is 0 Å². The minimum atomic E-state index is -0.114. The van der Waals surface area contributed by atoms with Gasteiger partial charge in [-0.15, -0.1) is 0 Å². The van der Waals surface area contributed by atoms with Crippen molar-refractivity contribution in [3.05, 3.63) is 23.8 Å². The molecule has 4 nitrogen and oxygen atoms in total. The number of nitrogens with two attached hydrogens (primary N) is 1. The topological polar surface area (TPSA) is 64.3 Å². The van der Waals surface area contributed by atoms with Crippen molar-refractivity contribution in [2.45, 2.75) is 46.0 Å². The fraction of sp³-hybridized carbons (Fsp3) is 0.588. The fourth-order valence-corrected chi connectivity index (χ4v) is 2.20. The summed E-state index contributed by atoms with van der Waals surface area (Å²) in [6.07, 6.45) is 5.97. The number of carbonyl (C=O) groups excluding carboxylic acids is 1. The van der Waals surface area contributed by atoms with Crippen LogP contribution < -0.4 is 15.8 Å². The van der Waals surface area contributed by atoms with Crippen LogP contribution in [0.4, 0.5) is 5.69 Å². The quantitative estimate of drug-likeness (QED) is 0.540. The molecule has 4 heteroatoms. The van der Waals surface area contributed by atoms with Crippen LogP contribution in [0.3, 0.4) is 0 Å². The number of hydrogen-bond acceptors (Lipinski definition) is 3. The van der Waals surface area contributed by atoms with Crippen LogP contribution in [0.2, 0.25) is 0 Å². The third-order valence-electron chi connectivity index (χ3n) is 3.50. The van der Waals surface area contributed by atoms with Crippen LogP contribution in [-0.4, -0.2) is 19.6 Å². The highest BCUT2D eigenvalue weighted by Gasteiger charge is 2.09. The molecule has 0 atom stereocenters. The Kier molecular flexibility index (Phi) is 7.65. The molecule has 0 aromatic heterocycles. The second-order valence-corrected chi connectivity index (χ2v) is 5.81. The van der Waals surface area contributed by atoms with Gasteiger partial charge in [0, 0.05) is 18.3 Å². The molecule has 118 valence electrons. The summed E-state index contributed by atoms with van der Waals surface area (Å²) in [5.74, 6) is 1.33. The summed E-state index contributed by atoms with van der Waals surface area (Å²) in [5, 5.41) is 2.92. The van der Waals surface area contributed by atoms with E-state index in [0.717, 1.165) is 18.8 Å². The molecule has 0 aliphatic rings. The van der Waals surface area contributed by atoms with Crippen molar-refractivity contribution in [1.82, 2.24) is 5.32 Å². The van der Waals surface area contributed by atoms with E-state index >= 15 is 0 Å². The number of rotatable bonds is 9. The van der Waals surface area contributed by atoms with Gasteiger partial charge < -0.3 is 15.8 Å². The Bertz CT molecular complexity index is 444. The van der Waals surface area contributed by atoms with Gasteiger partial charge in [0.25, 0.3) is 5.91 Å². The van der Waals surface area contributed by atoms with Crippen molar-refractivity contribution in [3.63, 3.8) is 0 Å². The number of anilines is 1. The van der Waals surface area contributed by atoms with Gasteiger partial charge in [0.05, 0.1) is 12.7 Å². The fourth-order valence-electron chi connectivity index (χ4n) is 2.20. The number of amides is 1. The maximum absolute atomic E-state index is 12.0. The first-order valence-corrected chi connectivity index (χ1v) is 7.76. The number of ether oxygens (including phenoxy) is 1. The van der Waals surface area contributed by atoms with Crippen molar-refractivity contribution < 1.29 is 9.53 Å². The molecule has 3 N–H and O–H groups in total. The first kappa shape index (κ1) is 17.3. The SMILES string of the molecule is COc1ccc(C(=O)NCCCCCCC(C)C)c(N)c1. The van der Waals surface area contributed by atoms with Gasteiger partial charge in [0.15, 0.2) is 0 Å². The van der Waals surface area contributed by atoms with Crippen molar-refractivity contribution >= 4 is 11.6 Å². The first-order valence-electron chi connectivity index (χ1n) is 7.76. The number of unbranched alkanes of at least 4 members (excludes halogenated alkanes) is 3. The van der Waals surface area contributed by atoms with Gasteiger partial charge in [0.1, 0.15) is 5.75 Å². The third kappa shape index (κ3) is 6.52. The lowest BCUT2D eigenvalue weighted by Gasteiger charge is -2.09. The zero-order valence-electron chi connectivity index (χ0n) is 13.4. The molecule has 0 aliphatic carbocycles. The molecule has 0 saturated heterocycles. The Morgan fingerprint density at radius 3 is 2.57 bits per heavy atom. The zero-order chi connectivity index (χ0) is 15.7. The molecule has 0 unspecified atom stereocenters. The molecular weight excluding hydrogens is 264 g/mol. The highest BCUT2D eigenvalue weighted by atomic mass is 16.5. The summed E-state index contributed by atoms with van der Waals surface area (Å²) in [6.45, 7) is 5.20. The molecule has 0 bridgehead atoms. The Morgan fingerprint density at radius 1 is 1.24 bits per heavy atom. The average Bonchev–Trinajstić information content (AvgIpc) is 2.45. The molecule has 0 heterocycles. The Balaban J connectivity index is 2.25. The van der Waals surface area contributed by atoms with Crippen LogP contribution in [0.5, 0.6) is 5.75 Å². The number of methoxy groups -OCH3 is 1. The van der Waals surface area contributed by atoms with Gasteiger partial charge in [-0.1, -0.05) is 39.5 Å². The van der Waals surface area contributed by atoms with E-state index in [1.165, 1.54) is 19.3 Å². The maximum Gasteiger partial charge on any atom is 0.253 e. The smallest absolute Gasteiger partial charge is 0.253 e. The number of nitrogens with one attached hydrogen (secondary N) is 1. The first-order chi connectivity index (χ1) is 10.0. The molecule has 0 radical (unpaired) electrons. The lowest BCUT2D eigenvalue weighted by atomic mass is 10.0. The van der Waals surface area contributed by atoms with Crippen molar-refractivity contribution in [2.24, 2.45) is 5.92 Å². The lowest BCUT2D eigenvalue weighted by molar-refractivity contribution is 0.0954. The van der Waals surface area contributed by atoms with E-state index in [0.29, 0.717) is 23.5 Å². The average molecular weight is 292 g/mol. The van der Waals surface area contributed by atoms with Gasteiger partial charge >= 0.3 is 0 Å². The second-order valence-electron chi connectivity index (χ2n) is 5.81. The van der Waals surface area contributed by atoms with Crippen molar-refractivity contribution in [3.8, 4) is 5.75 Å². The predicted octanol–water partition coefficient (Wildman–Crippen LogP) is 3.61. The van der Waals surface area contributed by atoms with E-state index in [-0.39, 0.29) is 5.91 Å². The van der Waals surface area contributed by atoms with Crippen LogP contribution in [0.15, 0.2) is 18.2 Å². The minimum Gasteiger partial charge on any atom is -0.497 e. The van der Waals surface area contributed by atoms with Crippen LogP contribution in [-0.2, 0) is 0 Å². The van der Waals surface area contributed by atoms with Gasteiger partial charge in [-0.25, -0.2) is 0 Å². The standard InChI is InChI=1S/C17H28N2O2/c1-13(2)8-6-4-5-7-11-19-17(20)15-10-9-14(21-3)12-16(15)18/h9-10,12-13H,4-8,11,18H2,1-3H3,(H,19,20). The molecule has 1 aromatic carbocycles. The summed E-state index contributed by atoms with van der Waals surface area (Å²) in [5.41, 5.74) is 6.81. The predicted molar refractivity (Wildman–Crippen MR) is 87.7 cm³/mol. The highest BCUT2D eigenvalue weighted by molar-refractivity contribution is 5.99. The Hall–Kier alpha value is -1.71. The molecular formula is C17H28N2O2. The normalized spacial score (nSPS) is 10.7. The van der Waals surface area contributed by atoms with E-state index in [9.17, 15) is 4.79 Å². The molecule has 0 aliphatic heterocycles. The van der Waals surface area contributed by atoms with Gasteiger partial charge in [-0.05, 0) is 24.5 Å². The maximum atomic E-state index is 12.0. The molecule has 0 spiro atoms. The van der Waals surface area contributed by atoms with Crippen molar-refractivity contribution in [2.75, 3.05) is 19.4 Å². The molecule has 1 aromatic rings. The highest BCUT2D eigenvalue weighted by Crippen LogP contribution is 2.19. The van der Waals surface area contributed by atoms with E-state index in [2.05, 4.69) is 19.2 Å². The minimum absolute atomic E-state index is 0.114. The molecule has 0 fully saturated rings. The van der Waals surface area contributed by atoms with E-state index in [4.69, 9.17) is 10.5 Å².